The molecule has 0 saturated carbocycles. The Morgan fingerprint density at radius 3 is 2.04 bits per heavy atom. The Bertz CT molecular complexity index is 691. The van der Waals surface area contributed by atoms with Gasteiger partial charge < -0.3 is 9.80 Å². The molecule has 0 aliphatic carbocycles. The van der Waals surface area contributed by atoms with Gasteiger partial charge >= 0.3 is 6.18 Å². The summed E-state index contributed by atoms with van der Waals surface area (Å²) >= 11 is 0. The summed E-state index contributed by atoms with van der Waals surface area (Å²) in [6.07, 6.45) is -2.68. The number of aromatic nitrogens is 1. The lowest BCUT2D eigenvalue weighted by molar-refractivity contribution is -0.137. The molecule has 0 radical (unpaired) electrons. The fraction of sp³-hybridized carbons (Fsp3) is 0.294. The molecule has 0 spiro atoms. The highest BCUT2D eigenvalue weighted by atomic mass is 19.4. The van der Waals surface area contributed by atoms with Crippen LogP contribution in [0.2, 0.25) is 0 Å². The van der Waals surface area contributed by atoms with Gasteiger partial charge in [0.1, 0.15) is 12.1 Å². The zero-order valence-electron chi connectivity index (χ0n) is 12.8. The molecule has 1 saturated heterocycles. The van der Waals surface area contributed by atoms with Gasteiger partial charge in [0.15, 0.2) is 0 Å². The Kier molecular flexibility index (Phi) is 4.42. The van der Waals surface area contributed by atoms with E-state index in [1.807, 2.05) is 17.0 Å². The first-order valence-electron chi connectivity index (χ1n) is 7.56. The van der Waals surface area contributed by atoms with Crippen molar-refractivity contribution in [2.45, 2.75) is 6.18 Å². The van der Waals surface area contributed by atoms with Gasteiger partial charge in [0.2, 0.25) is 0 Å². The lowest BCUT2D eigenvalue weighted by Gasteiger charge is -2.36. The molecule has 1 fully saturated rings. The molecular weight excluding hydrogens is 319 g/mol. The molecule has 0 atom stereocenters. The second-order valence-electron chi connectivity index (χ2n) is 5.59. The number of alkyl halides is 3. The van der Waals surface area contributed by atoms with Gasteiger partial charge in [0.25, 0.3) is 0 Å². The molecule has 1 aromatic carbocycles. The number of halogens is 3. The molecule has 126 valence electrons. The van der Waals surface area contributed by atoms with Crippen LogP contribution >= 0.6 is 0 Å². The molecule has 0 N–H and O–H groups in total. The number of nitrogens with zero attached hydrogens (tertiary/aromatic N) is 3. The molecular formula is C17H16F3N3O. The third-order valence-electron chi connectivity index (χ3n) is 4.07. The number of anilines is 2. The summed E-state index contributed by atoms with van der Waals surface area (Å²) in [6.45, 7) is 2.83. The van der Waals surface area contributed by atoms with Crippen molar-refractivity contribution in [3.8, 4) is 0 Å². The second-order valence-corrected chi connectivity index (χ2v) is 5.59. The van der Waals surface area contributed by atoms with Gasteiger partial charge in [0.05, 0.1) is 5.56 Å². The third kappa shape index (κ3) is 3.50. The minimum absolute atomic E-state index is 0.555. The van der Waals surface area contributed by atoms with Crippen LogP contribution < -0.4 is 9.80 Å². The Hall–Kier alpha value is -2.57. The first-order valence-corrected chi connectivity index (χ1v) is 7.56. The van der Waals surface area contributed by atoms with Crippen molar-refractivity contribution in [3.05, 3.63) is 53.7 Å². The average Bonchev–Trinajstić information content (AvgIpc) is 2.61. The highest BCUT2D eigenvalue weighted by Crippen LogP contribution is 2.29. The lowest BCUT2D eigenvalue weighted by atomic mass is 10.2. The normalized spacial score (nSPS) is 15.5. The number of carbonyl (C=O) groups excluding carboxylic acids is 1. The van der Waals surface area contributed by atoms with Gasteiger partial charge in [-0.15, -0.1) is 0 Å². The quantitative estimate of drug-likeness (QED) is 0.807. The molecule has 0 amide bonds. The molecule has 3 rings (SSSR count). The molecule has 1 aliphatic rings. The van der Waals surface area contributed by atoms with Crippen LogP contribution in [0.4, 0.5) is 24.7 Å². The van der Waals surface area contributed by atoms with E-state index in [2.05, 4.69) is 9.88 Å². The number of carbonyl (C=O) groups is 1. The van der Waals surface area contributed by atoms with E-state index in [9.17, 15) is 18.0 Å². The van der Waals surface area contributed by atoms with Crippen molar-refractivity contribution < 1.29 is 18.0 Å². The molecule has 24 heavy (non-hydrogen) atoms. The monoisotopic (exact) mass is 335 g/mol. The fourth-order valence-electron chi connectivity index (χ4n) is 2.70. The first-order chi connectivity index (χ1) is 11.5. The number of pyridine rings is 1. The highest BCUT2D eigenvalue weighted by Gasteiger charge is 2.31. The standard InChI is InChI=1S/C17H16F3N3O/c18-17(19,20)14-3-6-16(21-11-14)23-9-7-22(8-10-23)15-4-1-13(12-24)2-5-15/h1-6,11-12H,7-10H2. The molecule has 1 aromatic heterocycles. The van der Waals surface area contributed by atoms with Gasteiger partial charge in [0, 0.05) is 43.6 Å². The molecule has 2 heterocycles. The minimum Gasteiger partial charge on any atom is -0.368 e. The molecule has 0 unspecified atom stereocenters. The summed E-state index contributed by atoms with van der Waals surface area (Å²) in [6, 6.07) is 9.81. The van der Waals surface area contributed by atoms with E-state index in [4.69, 9.17) is 0 Å². The second kappa shape index (κ2) is 6.51. The number of hydrogen-bond donors (Lipinski definition) is 0. The van der Waals surface area contributed by atoms with Crippen LogP contribution in [0.1, 0.15) is 15.9 Å². The first kappa shape index (κ1) is 16.3. The predicted octanol–water partition coefficient (Wildman–Crippen LogP) is 3.24. The molecule has 1 aliphatic heterocycles. The molecule has 4 nitrogen and oxygen atoms in total. The number of hydrogen-bond acceptors (Lipinski definition) is 4. The topological polar surface area (TPSA) is 36.4 Å². The zero-order valence-corrected chi connectivity index (χ0v) is 12.8. The van der Waals surface area contributed by atoms with Crippen molar-refractivity contribution in [2.24, 2.45) is 0 Å². The molecule has 0 bridgehead atoms. The summed E-state index contributed by atoms with van der Waals surface area (Å²) in [5, 5.41) is 0. The van der Waals surface area contributed by atoms with Crippen molar-refractivity contribution >= 4 is 17.8 Å². The maximum absolute atomic E-state index is 12.6. The maximum atomic E-state index is 12.6. The van der Waals surface area contributed by atoms with Crippen LogP contribution in [0.5, 0.6) is 0 Å². The summed E-state index contributed by atoms with van der Waals surface area (Å²) in [4.78, 5) is 18.8. The van der Waals surface area contributed by atoms with Crippen molar-refractivity contribution in [1.29, 1.82) is 0 Å². The van der Waals surface area contributed by atoms with Crippen molar-refractivity contribution in [1.82, 2.24) is 4.98 Å². The van der Waals surface area contributed by atoms with E-state index in [0.717, 1.165) is 37.3 Å². The Balaban J connectivity index is 1.63. The predicted molar refractivity (Wildman–Crippen MR) is 85.5 cm³/mol. The van der Waals surface area contributed by atoms with E-state index in [1.165, 1.54) is 6.07 Å². The van der Waals surface area contributed by atoms with E-state index in [-0.39, 0.29) is 0 Å². The van der Waals surface area contributed by atoms with Crippen LogP contribution in [0, 0.1) is 0 Å². The van der Waals surface area contributed by atoms with Crippen LogP contribution in [0.25, 0.3) is 0 Å². The van der Waals surface area contributed by atoms with Crippen LogP contribution in [-0.2, 0) is 6.18 Å². The average molecular weight is 335 g/mol. The Morgan fingerprint density at radius 2 is 1.54 bits per heavy atom. The van der Waals surface area contributed by atoms with Gasteiger partial charge in [-0.3, -0.25) is 4.79 Å². The summed E-state index contributed by atoms with van der Waals surface area (Å²) in [5.74, 6) is 0.555. The highest BCUT2D eigenvalue weighted by molar-refractivity contribution is 5.75. The van der Waals surface area contributed by atoms with Gasteiger partial charge in [-0.05, 0) is 36.4 Å². The molecule has 2 aromatic rings. The minimum atomic E-state index is -4.36. The van der Waals surface area contributed by atoms with Crippen molar-refractivity contribution in [2.75, 3.05) is 36.0 Å². The summed E-state index contributed by atoms with van der Waals surface area (Å²) < 4.78 is 37.7. The van der Waals surface area contributed by atoms with Gasteiger partial charge in [-0.2, -0.15) is 13.2 Å². The summed E-state index contributed by atoms with van der Waals surface area (Å²) in [7, 11) is 0. The number of rotatable bonds is 3. The zero-order chi connectivity index (χ0) is 17.2. The van der Waals surface area contributed by atoms with E-state index < -0.39 is 11.7 Å². The van der Waals surface area contributed by atoms with Gasteiger partial charge in [-0.1, -0.05) is 0 Å². The Labute approximate surface area is 137 Å². The van der Waals surface area contributed by atoms with E-state index in [0.29, 0.717) is 24.5 Å². The maximum Gasteiger partial charge on any atom is 0.417 e. The van der Waals surface area contributed by atoms with Crippen molar-refractivity contribution in [3.63, 3.8) is 0 Å². The number of benzene rings is 1. The summed E-state index contributed by atoms with van der Waals surface area (Å²) in [5.41, 5.74) is 0.923. The van der Waals surface area contributed by atoms with Crippen LogP contribution in [-0.4, -0.2) is 37.4 Å². The van der Waals surface area contributed by atoms with Crippen LogP contribution in [0.3, 0.4) is 0 Å². The van der Waals surface area contributed by atoms with Crippen LogP contribution in [0.15, 0.2) is 42.6 Å². The largest absolute Gasteiger partial charge is 0.417 e. The SMILES string of the molecule is O=Cc1ccc(N2CCN(c3ccc(C(F)(F)F)cn3)CC2)cc1. The Morgan fingerprint density at radius 1 is 0.917 bits per heavy atom. The third-order valence-corrected chi connectivity index (χ3v) is 4.07. The van der Waals surface area contributed by atoms with E-state index >= 15 is 0 Å². The smallest absolute Gasteiger partial charge is 0.368 e. The van der Waals surface area contributed by atoms with E-state index in [1.54, 1.807) is 12.1 Å². The number of aldehydes is 1. The molecule has 7 heteroatoms. The number of piperazine rings is 1. The van der Waals surface area contributed by atoms with Gasteiger partial charge in [-0.25, -0.2) is 4.98 Å². The fourth-order valence-corrected chi connectivity index (χ4v) is 2.70. The lowest BCUT2D eigenvalue weighted by Crippen LogP contribution is -2.46.